The van der Waals surface area contributed by atoms with E-state index in [1.54, 1.807) is 0 Å². The van der Waals surface area contributed by atoms with Gasteiger partial charge in [0.1, 0.15) is 0 Å². The third-order valence-corrected chi connectivity index (χ3v) is 2.82. The van der Waals surface area contributed by atoms with Crippen molar-refractivity contribution in [1.82, 2.24) is 5.32 Å². The van der Waals surface area contributed by atoms with Crippen molar-refractivity contribution in [2.24, 2.45) is 11.7 Å². The number of rotatable bonds is 5. The van der Waals surface area contributed by atoms with Gasteiger partial charge in [-0.1, -0.05) is 12.2 Å². The lowest BCUT2D eigenvalue weighted by atomic mass is 10.0. The Balaban J connectivity index is 2.15. The van der Waals surface area contributed by atoms with Gasteiger partial charge in [-0.2, -0.15) is 0 Å². The van der Waals surface area contributed by atoms with E-state index >= 15 is 0 Å². The fraction of sp³-hybridized carbons (Fsp3) is 0.800. The number of thiocarbonyl (C=S) groups is 1. The van der Waals surface area contributed by atoms with Gasteiger partial charge >= 0.3 is 0 Å². The van der Waals surface area contributed by atoms with E-state index in [-0.39, 0.29) is 17.9 Å². The van der Waals surface area contributed by atoms with Crippen LogP contribution in [0.1, 0.15) is 26.2 Å². The standard InChI is InChI=1S/C10H18N2O2S/c1-7-8(4-6-14-7)10(13)12-5-2-3-9(11)15/h7-8H,2-6H2,1H3,(H2,11,15)(H,12,13). The summed E-state index contributed by atoms with van der Waals surface area (Å²) in [5.41, 5.74) is 5.35. The molecule has 0 aromatic heterocycles. The van der Waals surface area contributed by atoms with E-state index in [1.807, 2.05) is 6.92 Å². The van der Waals surface area contributed by atoms with Crippen LogP contribution in [0.5, 0.6) is 0 Å². The van der Waals surface area contributed by atoms with Gasteiger partial charge in [-0.25, -0.2) is 0 Å². The van der Waals surface area contributed by atoms with Crippen LogP contribution < -0.4 is 11.1 Å². The molecule has 1 aliphatic rings. The molecule has 0 aromatic rings. The Morgan fingerprint density at radius 1 is 1.67 bits per heavy atom. The Morgan fingerprint density at radius 3 is 2.93 bits per heavy atom. The Morgan fingerprint density at radius 2 is 2.40 bits per heavy atom. The summed E-state index contributed by atoms with van der Waals surface area (Å²) in [5, 5.41) is 2.88. The second-order valence-corrected chi connectivity index (χ2v) is 4.36. The lowest BCUT2D eigenvalue weighted by Gasteiger charge is -2.13. The Hall–Kier alpha value is -0.680. The van der Waals surface area contributed by atoms with Gasteiger partial charge in [0.2, 0.25) is 5.91 Å². The zero-order valence-corrected chi connectivity index (χ0v) is 9.81. The SMILES string of the molecule is CC1OCCC1C(=O)NCCCC(N)=S. The van der Waals surface area contributed by atoms with E-state index in [0.717, 1.165) is 12.8 Å². The van der Waals surface area contributed by atoms with E-state index in [0.29, 0.717) is 24.6 Å². The third kappa shape index (κ3) is 4.13. The smallest absolute Gasteiger partial charge is 0.225 e. The van der Waals surface area contributed by atoms with Gasteiger partial charge in [-0.3, -0.25) is 4.79 Å². The third-order valence-electron chi connectivity index (χ3n) is 2.61. The summed E-state index contributed by atoms with van der Waals surface area (Å²) in [6.07, 6.45) is 2.36. The molecule has 3 N–H and O–H groups in total. The van der Waals surface area contributed by atoms with Crippen LogP contribution in [-0.4, -0.2) is 30.2 Å². The molecule has 0 aliphatic carbocycles. The maximum atomic E-state index is 11.6. The molecule has 0 spiro atoms. The summed E-state index contributed by atoms with van der Waals surface area (Å²) in [5.74, 6) is 0.0952. The van der Waals surface area contributed by atoms with Crippen molar-refractivity contribution in [1.29, 1.82) is 0 Å². The monoisotopic (exact) mass is 230 g/mol. The molecule has 86 valence electrons. The topological polar surface area (TPSA) is 64.3 Å². The largest absolute Gasteiger partial charge is 0.393 e. The molecule has 4 nitrogen and oxygen atoms in total. The van der Waals surface area contributed by atoms with Crippen molar-refractivity contribution >= 4 is 23.1 Å². The lowest BCUT2D eigenvalue weighted by Crippen LogP contribution is -2.34. The van der Waals surface area contributed by atoms with Crippen LogP contribution in [0.4, 0.5) is 0 Å². The van der Waals surface area contributed by atoms with Crippen LogP contribution in [0, 0.1) is 5.92 Å². The minimum absolute atomic E-state index is 0.00910. The number of nitrogens with one attached hydrogen (secondary N) is 1. The van der Waals surface area contributed by atoms with E-state index < -0.39 is 0 Å². The molecule has 2 unspecified atom stereocenters. The number of nitrogens with two attached hydrogens (primary N) is 1. The highest BCUT2D eigenvalue weighted by Crippen LogP contribution is 2.20. The first-order chi connectivity index (χ1) is 7.11. The predicted molar refractivity (Wildman–Crippen MR) is 62.6 cm³/mol. The van der Waals surface area contributed by atoms with Crippen LogP contribution >= 0.6 is 12.2 Å². The molecule has 1 saturated heterocycles. The Kier molecular flexibility index (Phi) is 4.98. The zero-order chi connectivity index (χ0) is 11.3. The van der Waals surface area contributed by atoms with Crippen molar-refractivity contribution < 1.29 is 9.53 Å². The maximum absolute atomic E-state index is 11.6. The highest BCUT2D eigenvalue weighted by molar-refractivity contribution is 7.80. The van der Waals surface area contributed by atoms with E-state index in [1.165, 1.54) is 0 Å². The molecule has 0 radical (unpaired) electrons. The van der Waals surface area contributed by atoms with Crippen LogP contribution in [0.15, 0.2) is 0 Å². The van der Waals surface area contributed by atoms with E-state index in [9.17, 15) is 4.79 Å². The van der Waals surface area contributed by atoms with Crippen molar-refractivity contribution in [3.8, 4) is 0 Å². The fourth-order valence-corrected chi connectivity index (χ4v) is 1.83. The summed E-state index contributed by atoms with van der Waals surface area (Å²) in [6.45, 7) is 3.26. The normalized spacial score (nSPS) is 25.1. The number of hydrogen-bond acceptors (Lipinski definition) is 3. The van der Waals surface area contributed by atoms with Gasteiger partial charge in [-0.05, 0) is 26.2 Å². The number of hydrogen-bond donors (Lipinski definition) is 2. The molecule has 1 amide bonds. The van der Waals surface area contributed by atoms with Gasteiger partial charge in [0, 0.05) is 13.2 Å². The molecule has 0 bridgehead atoms. The van der Waals surface area contributed by atoms with Crippen molar-refractivity contribution in [3.63, 3.8) is 0 Å². The molecule has 5 heteroatoms. The first kappa shape index (κ1) is 12.4. The molecule has 2 atom stereocenters. The second-order valence-electron chi connectivity index (χ2n) is 3.83. The van der Waals surface area contributed by atoms with Gasteiger partial charge in [0.05, 0.1) is 17.0 Å². The average molecular weight is 230 g/mol. The lowest BCUT2D eigenvalue weighted by molar-refractivity contribution is -0.126. The van der Waals surface area contributed by atoms with Gasteiger partial charge in [0.15, 0.2) is 0 Å². The molecular weight excluding hydrogens is 212 g/mol. The summed E-state index contributed by atoms with van der Waals surface area (Å²) in [4.78, 5) is 12.1. The molecule has 1 aliphatic heterocycles. The summed E-state index contributed by atoms with van der Waals surface area (Å²) in [6, 6.07) is 0. The predicted octanol–water partition coefficient (Wildman–Crippen LogP) is 0.594. The Labute approximate surface area is 95.5 Å². The maximum Gasteiger partial charge on any atom is 0.225 e. The number of amides is 1. The van der Waals surface area contributed by atoms with Crippen molar-refractivity contribution in [3.05, 3.63) is 0 Å². The number of carbonyl (C=O) groups is 1. The van der Waals surface area contributed by atoms with E-state index in [2.05, 4.69) is 5.32 Å². The minimum Gasteiger partial charge on any atom is -0.393 e. The number of carbonyl (C=O) groups excluding carboxylic acids is 1. The summed E-state index contributed by atoms with van der Waals surface area (Å²) in [7, 11) is 0. The average Bonchev–Trinajstić information content (AvgIpc) is 2.58. The highest BCUT2D eigenvalue weighted by Gasteiger charge is 2.30. The number of ether oxygens (including phenoxy) is 1. The zero-order valence-electron chi connectivity index (χ0n) is 8.99. The first-order valence-corrected chi connectivity index (χ1v) is 5.69. The fourth-order valence-electron chi connectivity index (χ4n) is 1.68. The van der Waals surface area contributed by atoms with Crippen LogP contribution in [-0.2, 0) is 9.53 Å². The minimum atomic E-state index is 0.00910. The highest BCUT2D eigenvalue weighted by atomic mass is 32.1. The van der Waals surface area contributed by atoms with Crippen LogP contribution in [0.3, 0.4) is 0 Å². The second kappa shape index (κ2) is 6.02. The van der Waals surface area contributed by atoms with Crippen molar-refractivity contribution in [2.75, 3.05) is 13.2 Å². The van der Waals surface area contributed by atoms with Gasteiger partial charge < -0.3 is 15.8 Å². The summed E-state index contributed by atoms with van der Waals surface area (Å²) < 4.78 is 5.33. The van der Waals surface area contributed by atoms with Crippen LogP contribution in [0.25, 0.3) is 0 Å². The summed E-state index contributed by atoms with van der Waals surface area (Å²) >= 11 is 4.75. The molecular formula is C10H18N2O2S. The van der Waals surface area contributed by atoms with Crippen molar-refractivity contribution in [2.45, 2.75) is 32.3 Å². The van der Waals surface area contributed by atoms with Gasteiger partial charge in [0.25, 0.3) is 0 Å². The Bertz CT molecular complexity index is 246. The van der Waals surface area contributed by atoms with E-state index in [4.69, 9.17) is 22.7 Å². The first-order valence-electron chi connectivity index (χ1n) is 5.29. The molecule has 1 heterocycles. The molecule has 1 rings (SSSR count). The quantitative estimate of drug-likeness (QED) is 0.536. The molecule has 1 fully saturated rings. The molecule has 0 aromatic carbocycles. The molecule has 15 heavy (non-hydrogen) atoms. The van der Waals surface area contributed by atoms with Crippen LogP contribution in [0.2, 0.25) is 0 Å². The molecule has 0 saturated carbocycles. The van der Waals surface area contributed by atoms with Gasteiger partial charge in [-0.15, -0.1) is 0 Å².